The van der Waals surface area contributed by atoms with Gasteiger partial charge in [-0.3, -0.25) is 4.79 Å². The molecule has 2 aromatic heterocycles. The summed E-state index contributed by atoms with van der Waals surface area (Å²) >= 11 is 2.85. The molecule has 2 N–H and O–H groups in total. The highest BCUT2D eigenvalue weighted by Gasteiger charge is 2.21. The van der Waals surface area contributed by atoms with E-state index in [-0.39, 0.29) is 17.3 Å². The molecule has 3 nitrogen and oxygen atoms in total. The lowest BCUT2D eigenvalue weighted by Crippen LogP contribution is -2.00. The molecule has 0 aliphatic heterocycles. The molecule has 0 amide bonds. The van der Waals surface area contributed by atoms with Crippen LogP contribution in [-0.4, -0.2) is 16.0 Å². The van der Waals surface area contributed by atoms with Crippen LogP contribution < -0.4 is 0 Å². The van der Waals surface area contributed by atoms with E-state index >= 15 is 0 Å². The zero-order chi connectivity index (χ0) is 20.7. The molecule has 0 saturated carbocycles. The Morgan fingerprint density at radius 3 is 2.23 bits per heavy atom. The van der Waals surface area contributed by atoms with Crippen LogP contribution in [0.25, 0.3) is 32.3 Å². The minimum atomic E-state index is -0.0363. The molecule has 0 saturated heterocycles. The maximum atomic E-state index is 13.3. The number of phenols is 1. The van der Waals surface area contributed by atoms with Crippen LogP contribution in [0, 0.1) is 0 Å². The minimum Gasteiger partial charge on any atom is -0.508 e. The molecule has 0 aliphatic carbocycles. The Morgan fingerprint density at radius 2 is 1.53 bits per heavy atom. The number of hydrogen-bond acceptors (Lipinski definition) is 5. The zero-order valence-electron chi connectivity index (χ0n) is 15.7. The van der Waals surface area contributed by atoms with Crippen molar-refractivity contribution < 1.29 is 15.0 Å². The summed E-state index contributed by atoms with van der Waals surface area (Å²) in [4.78, 5) is 14.0. The van der Waals surface area contributed by atoms with E-state index in [1.807, 2.05) is 66.0 Å². The van der Waals surface area contributed by atoms with Gasteiger partial charge >= 0.3 is 0 Å². The molecular formula is C25H16O3S2. The van der Waals surface area contributed by atoms with Gasteiger partial charge in [-0.1, -0.05) is 54.6 Å². The number of carbonyl (C=O) groups excluding carboxylic acids is 1. The van der Waals surface area contributed by atoms with Crippen LogP contribution in [0.4, 0.5) is 0 Å². The summed E-state index contributed by atoms with van der Waals surface area (Å²) in [6.45, 7) is 0. The lowest BCUT2D eigenvalue weighted by Gasteiger charge is -2.07. The van der Waals surface area contributed by atoms with Gasteiger partial charge in [0.15, 0.2) is 0 Å². The van der Waals surface area contributed by atoms with E-state index in [0.717, 1.165) is 32.3 Å². The number of carbonyl (C=O) groups is 1. The Bertz CT molecular complexity index is 1360. The van der Waals surface area contributed by atoms with Crippen molar-refractivity contribution in [2.24, 2.45) is 0 Å². The van der Waals surface area contributed by atoms with Crippen molar-refractivity contribution >= 4 is 38.5 Å². The number of rotatable bonds is 4. The van der Waals surface area contributed by atoms with Gasteiger partial charge in [-0.15, -0.1) is 22.7 Å². The topological polar surface area (TPSA) is 57.5 Å². The Balaban J connectivity index is 1.68. The van der Waals surface area contributed by atoms with E-state index in [9.17, 15) is 15.0 Å². The quantitative estimate of drug-likeness (QED) is 0.305. The first kappa shape index (κ1) is 18.6. The third kappa shape index (κ3) is 3.18. The van der Waals surface area contributed by atoms with Crippen LogP contribution in [0.2, 0.25) is 0 Å². The van der Waals surface area contributed by atoms with Gasteiger partial charge in [0.25, 0.3) is 0 Å². The Morgan fingerprint density at radius 1 is 0.800 bits per heavy atom. The van der Waals surface area contributed by atoms with Gasteiger partial charge in [0.05, 0.1) is 4.88 Å². The molecule has 0 unspecified atom stereocenters. The molecule has 5 rings (SSSR count). The lowest BCUT2D eigenvalue weighted by molar-refractivity contribution is 0.104. The summed E-state index contributed by atoms with van der Waals surface area (Å²) in [6, 6.07) is 22.3. The fourth-order valence-corrected chi connectivity index (χ4v) is 5.51. The van der Waals surface area contributed by atoms with Crippen LogP contribution >= 0.6 is 22.7 Å². The second kappa shape index (κ2) is 7.44. The van der Waals surface area contributed by atoms with Gasteiger partial charge in [-0.25, -0.2) is 0 Å². The highest BCUT2D eigenvalue weighted by molar-refractivity contribution is 7.21. The third-order valence-corrected chi connectivity index (χ3v) is 6.92. The molecule has 0 radical (unpaired) electrons. The molecule has 146 valence electrons. The van der Waals surface area contributed by atoms with Crippen molar-refractivity contribution in [3.8, 4) is 33.8 Å². The summed E-state index contributed by atoms with van der Waals surface area (Å²) in [5.41, 5.74) is 4.14. The first-order chi connectivity index (χ1) is 14.6. The van der Waals surface area contributed by atoms with Crippen molar-refractivity contribution in [2.45, 2.75) is 0 Å². The Hall–Kier alpha value is -3.41. The third-order valence-electron chi connectivity index (χ3n) is 5.04. The molecule has 0 atom stereocenters. The molecule has 0 spiro atoms. The van der Waals surface area contributed by atoms with E-state index in [4.69, 9.17) is 0 Å². The molecule has 3 aromatic carbocycles. The van der Waals surface area contributed by atoms with Crippen molar-refractivity contribution in [1.29, 1.82) is 0 Å². The predicted octanol–water partition coefficient (Wildman–Crippen LogP) is 6.94. The average Bonchev–Trinajstić information content (AvgIpc) is 3.37. The second-order valence-corrected chi connectivity index (χ2v) is 8.73. The molecule has 0 aliphatic rings. The largest absolute Gasteiger partial charge is 0.508 e. The minimum absolute atomic E-state index is 0.0363. The van der Waals surface area contributed by atoms with Crippen LogP contribution in [0.5, 0.6) is 11.5 Å². The molecule has 0 bridgehead atoms. The second-order valence-electron chi connectivity index (χ2n) is 6.93. The molecule has 30 heavy (non-hydrogen) atoms. The molecular weight excluding hydrogens is 412 g/mol. The molecule has 0 fully saturated rings. The van der Waals surface area contributed by atoms with Crippen LogP contribution in [-0.2, 0) is 0 Å². The SMILES string of the molecule is O=C(c1ccccc1)c1sc2cc(O)ccc2c1-c1ccc(-c2cscc2O)cc1. The van der Waals surface area contributed by atoms with Crippen LogP contribution in [0.1, 0.15) is 15.2 Å². The predicted molar refractivity (Wildman–Crippen MR) is 124 cm³/mol. The van der Waals surface area contributed by atoms with Gasteiger partial charge in [0, 0.05) is 37.5 Å². The number of fused-ring (bicyclic) bond motifs is 1. The first-order valence-corrected chi connectivity index (χ1v) is 11.1. The molecule has 5 heteroatoms. The van der Waals surface area contributed by atoms with Crippen molar-refractivity contribution in [3.05, 3.63) is 94.0 Å². The summed E-state index contributed by atoms with van der Waals surface area (Å²) in [6.07, 6.45) is 0. The van der Waals surface area contributed by atoms with Gasteiger partial charge in [-0.2, -0.15) is 0 Å². The number of benzene rings is 3. The van der Waals surface area contributed by atoms with Crippen molar-refractivity contribution in [1.82, 2.24) is 0 Å². The van der Waals surface area contributed by atoms with Gasteiger partial charge < -0.3 is 10.2 Å². The summed E-state index contributed by atoms with van der Waals surface area (Å²) < 4.78 is 0.865. The van der Waals surface area contributed by atoms with E-state index in [1.54, 1.807) is 17.5 Å². The fraction of sp³-hybridized carbons (Fsp3) is 0. The smallest absolute Gasteiger partial charge is 0.203 e. The first-order valence-electron chi connectivity index (χ1n) is 9.33. The number of hydrogen-bond donors (Lipinski definition) is 2. The van der Waals surface area contributed by atoms with Crippen molar-refractivity contribution in [2.75, 3.05) is 0 Å². The van der Waals surface area contributed by atoms with Gasteiger partial charge in [0.2, 0.25) is 5.78 Å². The van der Waals surface area contributed by atoms with Crippen LogP contribution in [0.3, 0.4) is 0 Å². The van der Waals surface area contributed by atoms with E-state index < -0.39 is 0 Å². The highest BCUT2D eigenvalue weighted by Crippen LogP contribution is 2.42. The maximum absolute atomic E-state index is 13.3. The normalized spacial score (nSPS) is 11.1. The number of thiophene rings is 2. The number of aromatic hydroxyl groups is 2. The average molecular weight is 429 g/mol. The van der Waals surface area contributed by atoms with Gasteiger partial charge in [0.1, 0.15) is 11.5 Å². The Labute approximate surface area is 181 Å². The summed E-state index contributed by atoms with van der Waals surface area (Å²) in [5, 5.41) is 24.5. The van der Waals surface area contributed by atoms with E-state index in [0.29, 0.717) is 10.4 Å². The Kier molecular flexibility index (Phi) is 4.62. The number of ketones is 1. The monoisotopic (exact) mass is 428 g/mol. The fourth-order valence-electron chi connectivity index (χ4n) is 3.58. The summed E-state index contributed by atoms with van der Waals surface area (Å²) in [7, 11) is 0. The standard InChI is InChI=1S/C25H16O3S2/c26-18-10-11-19-22(12-18)30-25(24(28)17-4-2-1-3-5-17)23(19)16-8-6-15(7-9-16)20-13-29-14-21(20)27/h1-14,26-27H. The summed E-state index contributed by atoms with van der Waals surface area (Å²) in [5.74, 6) is 0.410. The zero-order valence-corrected chi connectivity index (χ0v) is 17.3. The van der Waals surface area contributed by atoms with E-state index in [1.165, 1.54) is 22.7 Å². The van der Waals surface area contributed by atoms with Gasteiger partial charge in [-0.05, 0) is 29.3 Å². The van der Waals surface area contributed by atoms with Crippen LogP contribution in [0.15, 0.2) is 83.6 Å². The maximum Gasteiger partial charge on any atom is 0.203 e. The molecule has 5 aromatic rings. The van der Waals surface area contributed by atoms with Crippen molar-refractivity contribution in [3.63, 3.8) is 0 Å². The molecule has 2 heterocycles. The highest BCUT2D eigenvalue weighted by atomic mass is 32.1. The van der Waals surface area contributed by atoms with E-state index in [2.05, 4.69) is 0 Å². The lowest BCUT2D eigenvalue weighted by atomic mass is 9.96. The number of phenolic OH excluding ortho intramolecular Hbond substituents is 1.